The Hall–Kier alpha value is -1.75. The summed E-state index contributed by atoms with van der Waals surface area (Å²) in [6.07, 6.45) is 1.94. The van der Waals surface area contributed by atoms with E-state index in [2.05, 4.69) is 10.6 Å². The van der Waals surface area contributed by atoms with Crippen LogP contribution in [0.15, 0.2) is 23.8 Å². The second-order valence-electron chi connectivity index (χ2n) is 4.24. The van der Waals surface area contributed by atoms with Gasteiger partial charge in [0.1, 0.15) is 0 Å². The smallest absolute Gasteiger partial charge is 0.320 e. The molecule has 0 saturated carbocycles. The standard InChI is InChI=1S/C12H10F2N2O/c13-12(14)9-2-1-7(3-8-5-15-6-8)4-10(9)16-11(12)17/h1-4,15H,5-6H2,(H,16,17). The summed E-state index contributed by atoms with van der Waals surface area (Å²) in [6, 6.07) is 4.50. The Labute approximate surface area is 96.5 Å². The number of fused-ring (bicyclic) bond motifs is 1. The molecule has 0 spiro atoms. The molecular formula is C12H10F2N2O. The van der Waals surface area contributed by atoms with Crippen molar-refractivity contribution in [3.05, 3.63) is 34.9 Å². The molecule has 88 valence electrons. The van der Waals surface area contributed by atoms with Gasteiger partial charge in [-0.3, -0.25) is 4.79 Å². The van der Waals surface area contributed by atoms with Crippen LogP contribution in [0.25, 0.3) is 6.08 Å². The summed E-state index contributed by atoms with van der Waals surface area (Å²) < 4.78 is 26.7. The predicted octanol–water partition coefficient (Wildman–Crippen LogP) is 1.72. The SMILES string of the molecule is O=C1Nc2cc(C=C3CNC3)ccc2C1(F)F. The van der Waals surface area contributed by atoms with Crippen molar-refractivity contribution in [2.24, 2.45) is 0 Å². The zero-order valence-corrected chi connectivity index (χ0v) is 8.89. The van der Waals surface area contributed by atoms with E-state index in [1.807, 2.05) is 6.08 Å². The number of hydrogen-bond acceptors (Lipinski definition) is 2. The number of rotatable bonds is 1. The first-order valence-corrected chi connectivity index (χ1v) is 5.31. The third-order valence-corrected chi connectivity index (χ3v) is 2.99. The molecule has 1 saturated heterocycles. The van der Waals surface area contributed by atoms with E-state index in [0.717, 1.165) is 18.7 Å². The van der Waals surface area contributed by atoms with E-state index in [-0.39, 0.29) is 11.3 Å². The maximum atomic E-state index is 13.4. The average Bonchev–Trinajstić information content (AvgIpc) is 2.44. The van der Waals surface area contributed by atoms with Gasteiger partial charge in [-0.25, -0.2) is 0 Å². The molecule has 3 rings (SSSR count). The van der Waals surface area contributed by atoms with Gasteiger partial charge in [0, 0.05) is 13.1 Å². The Morgan fingerprint density at radius 1 is 1.29 bits per heavy atom. The van der Waals surface area contributed by atoms with Gasteiger partial charge < -0.3 is 10.6 Å². The van der Waals surface area contributed by atoms with Crippen LogP contribution in [0.5, 0.6) is 0 Å². The maximum absolute atomic E-state index is 13.4. The minimum absolute atomic E-state index is 0.210. The van der Waals surface area contributed by atoms with Gasteiger partial charge in [0.15, 0.2) is 0 Å². The van der Waals surface area contributed by atoms with Crippen molar-refractivity contribution in [3.8, 4) is 0 Å². The van der Waals surface area contributed by atoms with E-state index in [0.29, 0.717) is 0 Å². The molecule has 1 aromatic carbocycles. The molecule has 0 aliphatic carbocycles. The molecule has 2 heterocycles. The Kier molecular flexibility index (Phi) is 2.06. The molecule has 2 aliphatic heterocycles. The van der Waals surface area contributed by atoms with Crippen LogP contribution in [0.4, 0.5) is 14.5 Å². The number of carbonyl (C=O) groups excluding carboxylic acids is 1. The van der Waals surface area contributed by atoms with E-state index in [1.54, 1.807) is 12.1 Å². The van der Waals surface area contributed by atoms with E-state index < -0.39 is 11.8 Å². The van der Waals surface area contributed by atoms with Crippen molar-refractivity contribution in [2.45, 2.75) is 5.92 Å². The van der Waals surface area contributed by atoms with Crippen LogP contribution < -0.4 is 10.6 Å². The summed E-state index contributed by atoms with van der Waals surface area (Å²) in [5.41, 5.74) is 2.03. The number of carbonyl (C=O) groups is 1. The monoisotopic (exact) mass is 236 g/mol. The summed E-state index contributed by atoms with van der Waals surface area (Å²) in [4.78, 5) is 11.1. The molecule has 1 aromatic rings. The van der Waals surface area contributed by atoms with E-state index in [9.17, 15) is 13.6 Å². The zero-order chi connectivity index (χ0) is 12.0. The van der Waals surface area contributed by atoms with Gasteiger partial charge in [-0.2, -0.15) is 8.78 Å². The van der Waals surface area contributed by atoms with Gasteiger partial charge in [0.05, 0.1) is 11.3 Å². The summed E-state index contributed by atoms with van der Waals surface area (Å²) in [6.45, 7) is 1.67. The number of hydrogen-bond donors (Lipinski definition) is 2. The molecule has 0 radical (unpaired) electrons. The zero-order valence-electron chi connectivity index (χ0n) is 8.89. The number of alkyl halides is 2. The lowest BCUT2D eigenvalue weighted by molar-refractivity contribution is -0.139. The molecule has 0 aromatic heterocycles. The third-order valence-electron chi connectivity index (χ3n) is 2.99. The molecule has 17 heavy (non-hydrogen) atoms. The van der Waals surface area contributed by atoms with Crippen LogP contribution >= 0.6 is 0 Å². The number of benzene rings is 1. The van der Waals surface area contributed by atoms with E-state index >= 15 is 0 Å². The topological polar surface area (TPSA) is 41.1 Å². The number of amides is 1. The van der Waals surface area contributed by atoms with Crippen molar-refractivity contribution in [1.29, 1.82) is 0 Å². The van der Waals surface area contributed by atoms with Crippen LogP contribution in [0.2, 0.25) is 0 Å². The molecule has 2 N–H and O–H groups in total. The van der Waals surface area contributed by atoms with Crippen molar-refractivity contribution >= 4 is 17.7 Å². The van der Waals surface area contributed by atoms with Gasteiger partial charge >= 0.3 is 5.92 Å². The van der Waals surface area contributed by atoms with Crippen molar-refractivity contribution in [2.75, 3.05) is 18.4 Å². The Balaban J connectivity index is 1.99. The molecule has 0 atom stereocenters. The minimum atomic E-state index is -3.40. The lowest BCUT2D eigenvalue weighted by Gasteiger charge is -2.18. The van der Waals surface area contributed by atoms with Crippen LogP contribution in [-0.4, -0.2) is 19.0 Å². The van der Waals surface area contributed by atoms with Gasteiger partial charge in [-0.1, -0.05) is 12.1 Å². The number of anilines is 1. The molecule has 1 fully saturated rings. The second kappa shape index (κ2) is 3.37. The van der Waals surface area contributed by atoms with E-state index in [1.165, 1.54) is 11.6 Å². The molecular weight excluding hydrogens is 226 g/mol. The largest absolute Gasteiger partial charge is 0.352 e. The van der Waals surface area contributed by atoms with Crippen molar-refractivity contribution < 1.29 is 13.6 Å². The fraction of sp³-hybridized carbons (Fsp3) is 0.250. The highest BCUT2D eigenvalue weighted by Gasteiger charge is 2.48. The Morgan fingerprint density at radius 2 is 2.06 bits per heavy atom. The molecule has 5 heteroatoms. The fourth-order valence-corrected chi connectivity index (χ4v) is 1.96. The van der Waals surface area contributed by atoms with Gasteiger partial charge in [-0.15, -0.1) is 0 Å². The molecule has 0 unspecified atom stereocenters. The highest BCUT2D eigenvalue weighted by molar-refractivity contribution is 6.04. The molecule has 2 aliphatic rings. The van der Waals surface area contributed by atoms with Gasteiger partial charge in [0.25, 0.3) is 5.91 Å². The molecule has 0 bridgehead atoms. The van der Waals surface area contributed by atoms with E-state index in [4.69, 9.17) is 0 Å². The summed E-state index contributed by atoms with van der Waals surface area (Å²) in [5.74, 6) is -4.65. The highest BCUT2D eigenvalue weighted by atomic mass is 19.3. The minimum Gasteiger partial charge on any atom is -0.320 e. The third kappa shape index (κ3) is 1.54. The second-order valence-corrected chi connectivity index (χ2v) is 4.24. The fourth-order valence-electron chi connectivity index (χ4n) is 1.96. The Bertz CT molecular complexity index is 531. The first-order valence-electron chi connectivity index (χ1n) is 5.31. The summed E-state index contributed by atoms with van der Waals surface area (Å²) >= 11 is 0. The van der Waals surface area contributed by atoms with Crippen LogP contribution in [0.3, 0.4) is 0 Å². The quantitative estimate of drug-likeness (QED) is 0.779. The first kappa shape index (κ1) is 10.4. The van der Waals surface area contributed by atoms with Gasteiger partial charge in [0.2, 0.25) is 0 Å². The molecule has 3 nitrogen and oxygen atoms in total. The normalized spacial score (nSPS) is 20.6. The van der Waals surface area contributed by atoms with Crippen LogP contribution in [0, 0.1) is 0 Å². The van der Waals surface area contributed by atoms with Crippen LogP contribution in [-0.2, 0) is 10.7 Å². The highest BCUT2D eigenvalue weighted by Crippen LogP contribution is 2.40. The number of nitrogens with one attached hydrogen (secondary N) is 2. The van der Waals surface area contributed by atoms with Crippen molar-refractivity contribution in [3.63, 3.8) is 0 Å². The van der Waals surface area contributed by atoms with Gasteiger partial charge in [-0.05, 0) is 23.3 Å². The number of halogens is 2. The first-order chi connectivity index (χ1) is 8.07. The lowest BCUT2D eigenvalue weighted by Crippen LogP contribution is -2.33. The summed E-state index contributed by atoms with van der Waals surface area (Å²) in [7, 11) is 0. The molecule has 1 amide bonds. The Morgan fingerprint density at radius 3 is 2.71 bits per heavy atom. The van der Waals surface area contributed by atoms with Crippen LogP contribution in [0.1, 0.15) is 11.1 Å². The average molecular weight is 236 g/mol. The summed E-state index contributed by atoms with van der Waals surface area (Å²) in [5, 5.41) is 5.30. The lowest BCUT2D eigenvalue weighted by atomic mass is 10.0. The maximum Gasteiger partial charge on any atom is 0.352 e. The predicted molar refractivity (Wildman–Crippen MR) is 59.8 cm³/mol. The van der Waals surface area contributed by atoms with Crippen molar-refractivity contribution in [1.82, 2.24) is 5.32 Å².